The highest BCUT2D eigenvalue weighted by molar-refractivity contribution is 6.30. The van der Waals surface area contributed by atoms with E-state index in [1.807, 2.05) is 0 Å². The maximum Gasteiger partial charge on any atom is 0.325 e. The number of Topliss-reactive ketones (excluding diaryl/α,β-unsaturated/α-hetero) is 1. The number of rotatable bonds is 6. The number of ketones is 1. The second-order valence-electron chi connectivity index (χ2n) is 5.07. The molecule has 0 radical (unpaired) electrons. The first-order valence-electron chi connectivity index (χ1n) is 7.61. The van der Waals surface area contributed by atoms with Gasteiger partial charge in [-0.15, -0.1) is 0 Å². The summed E-state index contributed by atoms with van der Waals surface area (Å²) in [6, 6.07) is 3.60. The number of benzene rings is 1. The quantitative estimate of drug-likeness (QED) is 0.734. The summed E-state index contributed by atoms with van der Waals surface area (Å²) in [7, 11) is 1.31. The summed E-state index contributed by atoms with van der Waals surface area (Å²) in [6.45, 7) is 3.14. The second kappa shape index (κ2) is 8.48. The predicted octanol–water partition coefficient (Wildman–Crippen LogP) is 4.13. The zero-order valence-electron chi connectivity index (χ0n) is 14.4. The molecule has 0 aliphatic heterocycles. The number of hydrogen-bond donors (Lipinski definition) is 2. The van der Waals surface area contributed by atoms with Gasteiger partial charge in [0, 0.05) is 12.3 Å². The molecule has 1 aromatic carbocycles. The molecule has 7 nitrogen and oxygen atoms in total. The van der Waals surface area contributed by atoms with Gasteiger partial charge in [0.15, 0.2) is 11.6 Å². The summed E-state index contributed by atoms with van der Waals surface area (Å²) in [5.74, 6) is -1.23. The number of urea groups is 1. The molecule has 0 aliphatic rings. The van der Waals surface area contributed by atoms with Crippen LogP contribution < -0.4 is 20.1 Å². The van der Waals surface area contributed by atoms with Crippen LogP contribution >= 0.6 is 11.6 Å². The van der Waals surface area contributed by atoms with E-state index < -0.39 is 17.6 Å². The molecule has 2 rings (SSSR count). The van der Waals surface area contributed by atoms with E-state index in [4.69, 9.17) is 21.1 Å². The minimum Gasteiger partial charge on any atom is -0.494 e. The van der Waals surface area contributed by atoms with Gasteiger partial charge in [0.1, 0.15) is 23.0 Å². The standard InChI is InChI=1S/C17H17ClFN3O4/c1-4-26-11-7-12(25-3)16(15(19)14(11)9(2)23)22-17(24)21-13-6-5-10(18)8-20-13/h5-8H,4H2,1-3H3,(H2,20,21,22,24). The number of halogens is 2. The molecule has 0 bridgehead atoms. The third-order valence-corrected chi connectivity index (χ3v) is 3.50. The molecule has 2 aromatic rings. The topological polar surface area (TPSA) is 89.6 Å². The number of carbonyl (C=O) groups excluding carboxylic acids is 2. The Balaban J connectivity index is 2.35. The number of anilines is 2. The van der Waals surface area contributed by atoms with E-state index >= 15 is 0 Å². The van der Waals surface area contributed by atoms with Crippen molar-refractivity contribution in [3.8, 4) is 11.5 Å². The summed E-state index contributed by atoms with van der Waals surface area (Å²) in [6.07, 6.45) is 1.35. The van der Waals surface area contributed by atoms with E-state index in [0.717, 1.165) is 0 Å². The van der Waals surface area contributed by atoms with Crippen molar-refractivity contribution in [2.45, 2.75) is 13.8 Å². The summed E-state index contributed by atoms with van der Waals surface area (Å²) in [4.78, 5) is 27.9. The van der Waals surface area contributed by atoms with E-state index in [-0.39, 0.29) is 35.2 Å². The molecule has 0 saturated heterocycles. The summed E-state index contributed by atoms with van der Waals surface area (Å²) in [5, 5.41) is 5.16. The fourth-order valence-corrected chi connectivity index (χ4v) is 2.30. The van der Waals surface area contributed by atoms with Crippen LogP contribution in [0.4, 0.5) is 20.7 Å². The first kappa shape index (κ1) is 19.5. The minimum atomic E-state index is -0.945. The van der Waals surface area contributed by atoms with Crippen molar-refractivity contribution >= 4 is 34.9 Å². The third kappa shape index (κ3) is 4.40. The summed E-state index contributed by atoms with van der Waals surface area (Å²) in [5.41, 5.74) is -0.555. The molecule has 2 N–H and O–H groups in total. The van der Waals surface area contributed by atoms with Crippen molar-refractivity contribution in [2.75, 3.05) is 24.4 Å². The Labute approximate surface area is 154 Å². The summed E-state index contributed by atoms with van der Waals surface area (Å²) >= 11 is 5.73. The van der Waals surface area contributed by atoms with Crippen LogP contribution in [0.5, 0.6) is 11.5 Å². The zero-order chi connectivity index (χ0) is 19.3. The monoisotopic (exact) mass is 381 g/mol. The molecule has 0 unspecified atom stereocenters. The van der Waals surface area contributed by atoms with Crippen LogP contribution in [-0.4, -0.2) is 30.5 Å². The number of carbonyl (C=O) groups is 2. The van der Waals surface area contributed by atoms with Crippen LogP contribution in [0.3, 0.4) is 0 Å². The number of hydrogen-bond acceptors (Lipinski definition) is 5. The van der Waals surface area contributed by atoms with Gasteiger partial charge in [0.25, 0.3) is 0 Å². The first-order valence-corrected chi connectivity index (χ1v) is 7.98. The van der Waals surface area contributed by atoms with Gasteiger partial charge in [-0.2, -0.15) is 0 Å². The molecule has 1 aromatic heterocycles. The predicted molar refractivity (Wildman–Crippen MR) is 96.0 cm³/mol. The number of pyridine rings is 1. The SMILES string of the molecule is CCOc1cc(OC)c(NC(=O)Nc2ccc(Cl)cn2)c(F)c1C(C)=O. The van der Waals surface area contributed by atoms with E-state index in [9.17, 15) is 14.0 Å². The van der Waals surface area contributed by atoms with Crippen LogP contribution in [0.2, 0.25) is 5.02 Å². The first-order chi connectivity index (χ1) is 12.4. The average Bonchev–Trinajstić information content (AvgIpc) is 2.59. The van der Waals surface area contributed by atoms with Crippen molar-refractivity contribution < 1.29 is 23.5 Å². The van der Waals surface area contributed by atoms with Crippen molar-refractivity contribution in [3.05, 3.63) is 40.8 Å². The highest BCUT2D eigenvalue weighted by atomic mass is 35.5. The molecule has 9 heteroatoms. The lowest BCUT2D eigenvalue weighted by atomic mass is 10.1. The maximum atomic E-state index is 14.9. The number of aromatic nitrogens is 1. The largest absolute Gasteiger partial charge is 0.494 e. The van der Waals surface area contributed by atoms with Crippen LogP contribution in [0.15, 0.2) is 24.4 Å². The summed E-state index contributed by atoms with van der Waals surface area (Å²) < 4.78 is 25.3. The van der Waals surface area contributed by atoms with Crippen LogP contribution in [0.1, 0.15) is 24.2 Å². The Morgan fingerprint density at radius 1 is 1.27 bits per heavy atom. The average molecular weight is 382 g/mol. The highest BCUT2D eigenvalue weighted by Gasteiger charge is 2.24. The van der Waals surface area contributed by atoms with Gasteiger partial charge < -0.3 is 14.8 Å². The lowest BCUT2D eigenvalue weighted by Crippen LogP contribution is -2.22. The van der Waals surface area contributed by atoms with Gasteiger partial charge in [-0.05, 0) is 26.0 Å². The molecular formula is C17H17ClFN3O4. The molecule has 0 saturated carbocycles. The highest BCUT2D eigenvalue weighted by Crippen LogP contribution is 2.37. The van der Waals surface area contributed by atoms with Crippen LogP contribution in [0, 0.1) is 5.82 Å². The fraction of sp³-hybridized carbons (Fsp3) is 0.235. The molecule has 0 fully saturated rings. The van der Waals surface area contributed by atoms with Crippen LogP contribution in [0.25, 0.3) is 0 Å². The lowest BCUT2D eigenvalue weighted by molar-refractivity contribution is 0.101. The lowest BCUT2D eigenvalue weighted by Gasteiger charge is -2.17. The number of nitrogens with zero attached hydrogens (tertiary/aromatic N) is 1. The van der Waals surface area contributed by atoms with Crippen LogP contribution in [-0.2, 0) is 0 Å². The molecule has 138 valence electrons. The van der Waals surface area contributed by atoms with E-state index in [1.54, 1.807) is 6.92 Å². The number of ether oxygens (including phenoxy) is 2. The smallest absolute Gasteiger partial charge is 0.325 e. The molecule has 26 heavy (non-hydrogen) atoms. The number of methoxy groups -OCH3 is 1. The maximum absolute atomic E-state index is 14.9. The van der Waals surface area contributed by atoms with E-state index in [2.05, 4.69) is 15.6 Å². The Kier molecular flexibility index (Phi) is 6.35. The van der Waals surface area contributed by atoms with E-state index in [0.29, 0.717) is 5.02 Å². The van der Waals surface area contributed by atoms with Gasteiger partial charge >= 0.3 is 6.03 Å². The zero-order valence-corrected chi connectivity index (χ0v) is 15.1. The van der Waals surface area contributed by atoms with Gasteiger partial charge in [-0.3, -0.25) is 10.1 Å². The van der Waals surface area contributed by atoms with Gasteiger partial charge in [-0.1, -0.05) is 11.6 Å². The Morgan fingerprint density at radius 3 is 2.54 bits per heavy atom. The normalized spacial score (nSPS) is 10.2. The third-order valence-electron chi connectivity index (χ3n) is 3.27. The number of amides is 2. The minimum absolute atomic E-state index is 0.00941. The van der Waals surface area contributed by atoms with Gasteiger partial charge in [0.05, 0.1) is 24.3 Å². The fourth-order valence-electron chi connectivity index (χ4n) is 2.19. The molecular weight excluding hydrogens is 365 g/mol. The molecule has 1 heterocycles. The Hall–Kier alpha value is -2.87. The van der Waals surface area contributed by atoms with Crippen molar-refractivity contribution in [1.29, 1.82) is 0 Å². The Morgan fingerprint density at radius 2 is 2.00 bits per heavy atom. The van der Waals surface area contributed by atoms with Crippen molar-refractivity contribution in [1.82, 2.24) is 4.98 Å². The van der Waals surface area contributed by atoms with Gasteiger partial charge in [-0.25, -0.2) is 14.2 Å². The van der Waals surface area contributed by atoms with Gasteiger partial charge in [0.2, 0.25) is 0 Å². The molecule has 0 spiro atoms. The molecule has 2 amide bonds. The number of nitrogens with one attached hydrogen (secondary N) is 2. The van der Waals surface area contributed by atoms with Crippen molar-refractivity contribution in [2.24, 2.45) is 0 Å². The second-order valence-corrected chi connectivity index (χ2v) is 5.51. The Bertz CT molecular complexity index is 828. The molecule has 0 aliphatic carbocycles. The van der Waals surface area contributed by atoms with Crippen molar-refractivity contribution in [3.63, 3.8) is 0 Å². The van der Waals surface area contributed by atoms with E-state index in [1.165, 1.54) is 38.4 Å². The molecule has 0 atom stereocenters.